The molecule has 0 fully saturated rings. The van der Waals surface area contributed by atoms with Gasteiger partial charge >= 0.3 is 0 Å². The molecule has 27 heavy (non-hydrogen) atoms. The summed E-state index contributed by atoms with van der Waals surface area (Å²) < 4.78 is 0. The number of rotatable bonds is 6. The van der Waals surface area contributed by atoms with Crippen LogP contribution in [0.15, 0.2) is 72.9 Å². The molecule has 0 saturated heterocycles. The van der Waals surface area contributed by atoms with Gasteiger partial charge in [0.25, 0.3) is 11.8 Å². The molecule has 2 amide bonds. The van der Waals surface area contributed by atoms with Crippen molar-refractivity contribution in [3.63, 3.8) is 0 Å². The molecule has 6 nitrogen and oxygen atoms in total. The Bertz CT molecular complexity index is 914. The Labute approximate surface area is 157 Å². The molecular formula is C21H20N4O2. The highest BCUT2D eigenvalue weighted by atomic mass is 16.2. The third kappa shape index (κ3) is 4.98. The molecule has 2 heterocycles. The van der Waals surface area contributed by atoms with Crippen molar-refractivity contribution in [3.8, 4) is 0 Å². The second-order valence-electron chi connectivity index (χ2n) is 6.02. The third-order valence-electron chi connectivity index (χ3n) is 4.02. The number of hydrogen-bond acceptors (Lipinski definition) is 4. The lowest BCUT2D eigenvalue weighted by Gasteiger charge is -2.14. The van der Waals surface area contributed by atoms with Crippen molar-refractivity contribution in [2.75, 3.05) is 0 Å². The predicted molar refractivity (Wildman–Crippen MR) is 102 cm³/mol. The van der Waals surface area contributed by atoms with Gasteiger partial charge in [0.1, 0.15) is 11.4 Å². The van der Waals surface area contributed by atoms with Crippen molar-refractivity contribution in [1.29, 1.82) is 0 Å². The lowest BCUT2D eigenvalue weighted by atomic mass is 10.1. The molecule has 6 heteroatoms. The van der Waals surface area contributed by atoms with Crippen molar-refractivity contribution in [2.24, 2.45) is 0 Å². The highest BCUT2D eigenvalue weighted by Gasteiger charge is 2.15. The summed E-state index contributed by atoms with van der Waals surface area (Å²) in [4.78, 5) is 33.1. The quantitative estimate of drug-likeness (QED) is 0.708. The number of hydrogen-bond donors (Lipinski definition) is 2. The Hall–Kier alpha value is -3.54. The van der Waals surface area contributed by atoms with Crippen molar-refractivity contribution in [1.82, 2.24) is 20.6 Å². The van der Waals surface area contributed by atoms with E-state index in [9.17, 15) is 9.59 Å². The fraction of sp³-hybridized carbons (Fsp3) is 0.143. The highest BCUT2D eigenvalue weighted by Crippen LogP contribution is 2.12. The van der Waals surface area contributed by atoms with Crippen LogP contribution in [0.3, 0.4) is 0 Å². The second-order valence-corrected chi connectivity index (χ2v) is 6.02. The van der Waals surface area contributed by atoms with Crippen molar-refractivity contribution in [3.05, 3.63) is 95.6 Å². The zero-order valence-electron chi connectivity index (χ0n) is 14.9. The van der Waals surface area contributed by atoms with Crippen molar-refractivity contribution >= 4 is 11.8 Å². The first-order chi connectivity index (χ1) is 13.1. The van der Waals surface area contributed by atoms with Gasteiger partial charge in [0.05, 0.1) is 18.3 Å². The first-order valence-corrected chi connectivity index (χ1v) is 8.64. The SMILES string of the molecule is CC(NC(=O)c1cccc(C(=O)NCc2ccccn2)n1)c1ccccc1. The monoisotopic (exact) mass is 360 g/mol. The number of nitrogens with zero attached hydrogens (tertiary/aromatic N) is 2. The summed E-state index contributed by atoms with van der Waals surface area (Å²) in [5, 5.41) is 5.65. The van der Waals surface area contributed by atoms with Gasteiger partial charge in [0.15, 0.2) is 0 Å². The second kappa shape index (κ2) is 8.71. The number of aromatic nitrogens is 2. The van der Waals surface area contributed by atoms with E-state index in [1.54, 1.807) is 24.4 Å². The first-order valence-electron chi connectivity index (χ1n) is 8.64. The summed E-state index contributed by atoms with van der Waals surface area (Å²) in [7, 11) is 0. The van der Waals surface area contributed by atoms with Crippen LogP contribution in [0.1, 0.15) is 45.2 Å². The molecule has 0 radical (unpaired) electrons. The molecule has 2 aromatic heterocycles. The lowest BCUT2D eigenvalue weighted by Crippen LogP contribution is -2.29. The van der Waals surface area contributed by atoms with Crippen LogP contribution in [0, 0.1) is 0 Å². The molecule has 1 unspecified atom stereocenters. The van der Waals surface area contributed by atoms with Crippen LogP contribution in [0.2, 0.25) is 0 Å². The molecule has 0 spiro atoms. The van der Waals surface area contributed by atoms with Crippen LogP contribution in [0.25, 0.3) is 0 Å². The Morgan fingerprint density at radius 1 is 0.889 bits per heavy atom. The molecule has 0 aliphatic rings. The normalized spacial score (nSPS) is 11.4. The summed E-state index contributed by atoms with van der Waals surface area (Å²) in [6.07, 6.45) is 1.67. The van der Waals surface area contributed by atoms with Gasteiger partial charge in [-0.2, -0.15) is 0 Å². The zero-order valence-corrected chi connectivity index (χ0v) is 14.9. The van der Waals surface area contributed by atoms with E-state index in [1.165, 1.54) is 0 Å². The maximum atomic E-state index is 12.5. The van der Waals surface area contributed by atoms with Gasteiger partial charge in [-0.25, -0.2) is 4.98 Å². The van der Waals surface area contributed by atoms with Gasteiger partial charge in [-0.05, 0) is 36.8 Å². The Morgan fingerprint density at radius 3 is 2.30 bits per heavy atom. The first kappa shape index (κ1) is 18.3. The summed E-state index contributed by atoms with van der Waals surface area (Å²) in [5.74, 6) is -0.683. The van der Waals surface area contributed by atoms with E-state index in [0.29, 0.717) is 6.54 Å². The van der Waals surface area contributed by atoms with Crippen molar-refractivity contribution < 1.29 is 9.59 Å². The summed E-state index contributed by atoms with van der Waals surface area (Å²) in [6.45, 7) is 2.19. The molecule has 0 aliphatic carbocycles. The Kier molecular flexibility index (Phi) is 5.89. The molecule has 3 aromatic rings. The van der Waals surface area contributed by atoms with Gasteiger partial charge in [0, 0.05) is 6.20 Å². The number of benzene rings is 1. The fourth-order valence-electron chi connectivity index (χ4n) is 2.55. The number of nitrogens with one attached hydrogen (secondary N) is 2. The van der Waals surface area contributed by atoms with Gasteiger partial charge in [-0.1, -0.05) is 42.5 Å². The van der Waals surface area contributed by atoms with E-state index in [-0.39, 0.29) is 29.2 Å². The molecule has 1 aromatic carbocycles. The largest absolute Gasteiger partial charge is 0.345 e. The summed E-state index contributed by atoms with van der Waals surface area (Å²) in [5.41, 5.74) is 2.13. The Morgan fingerprint density at radius 2 is 1.59 bits per heavy atom. The van der Waals surface area contributed by atoms with E-state index >= 15 is 0 Å². The van der Waals surface area contributed by atoms with Crippen LogP contribution < -0.4 is 10.6 Å². The molecule has 0 aliphatic heterocycles. The minimum atomic E-state index is -0.355. The number of carbonyl (C=O) groups is 2. The number of pyridine rings is 2. The van der Waals surface area contributed by atoms with E-state index in [4.69, 9.17) is 0 Å². The molecule has 3 rings (SSSR count). The molecule has 1 atom stereocenters. The van der Waals surface area contributed by atoms with Gasteiger partial charge < -0.3 is 10.6 Å². The van der Waals surface area contributed by atoms with Gasteiger partial charge in [-0.15, -0.1) is 0 Å². The van der Waals surface area contributed by atoms with Gasteiger partial charge in [0.2, 0.25) is 0 Å². The predicted octanol–water partition coefficient (Wildman–Crippen LogP) is 2.90. The highest BCUT2D eigenvalue weighted by molar-refractivity contribution is 5.96. The summed E-state index contributed by atoms with van der Waals surface area (Å²) in [6, 6.07) is 19.8. The van der Waals surface area contributed by atoms with E-state index in [1.807, 2.05) is 55.5 Å². The molecule has 136 valence electrons. The Balaban J connectivity index is 1.64. The minimum absolute atomic E-state index is 0.165. The average Bonchev–Trinajstić information content (AvgIpc) is 2.73. The lowest BCUT2D eigenvalue weighted by molar-refractivity contribution is 0.0933. The molecule has 2 N–H and O–H groups in total. The van der Waals surface area contributed by atoms with Crippen LogP contribution in [0.4, 0.5) is 0 Å². The van der Waals surface area contributed by atoms with E-state index < -0.39 is 0 Å². The van der Waals surface area contributed by atoms with Crippen molar-refractivity contribution in [2.45, 2.75) is 19.5 Å². The van der Waals surface area contributed by atoms with Crippen LogP contribution >= 0.6 is 0 Å². The third-order valence-corrected chi connectivity index (χ3v) is 4.02. The van der Waals surface area contributed by atoms with Crippen LogP contribution in [-0.4, -0.2) is 21.8 Å². The topological polar surface area (TPSA) is 84.0 Å². The average molecular weight is 360 g/mol. The molecule has 0 bridgehead atoms. The van der Waals surface area contributed by atoms with E-state index in [0.717, 1.165) is 11.3 Å². The fourth-order valence-corrected chi connectivity index (χ4v) is 2.55. The number of carbonyl (C=O) groups excluding carboxylic acids is 2. The van der Waals surface area contributed by atoms with E-state index in [2.05, 4.69) is 20.6 Å². The zero-order chi connectivity index (χ0) is 19.1. The van der Waals surface area contributed by atoms with Crippen LogP contribution in [-0.2, 0) is 6.54 Å². The number of amides is 2. The van der Waals surface area contributed by atoms with Gasteiger partial charge in [-0.3, -0.25) is 14.6 Å². The molecular weight excluding hydrogens is 340 g/mol. The molecule has 0 saturated carbocycles. The summed E-state index contributed by atoms with van der Waals surface area (Å²) >= 11 is 0. The minimum Gasteiger partial charge on any atom is -0.345 e. The smallest absolute Gasteiger partial charge is 0.270 e. The standard InChI is InChI=1S/C21H20N4O2/c1-15(16-8-3-2-4-9-16)24-21(27)19-12-7-11-18(25-19)20(26)23-14-17-10-5-6-13-22-17/h2-13,15H,14H2,1H3,(H,23,26)(H,24,27). The maximum absolute atomic E-state index is 12.5. The maximum Gasteiger partial charge on any atom is 0.270 e. The van der Waals surface area contributed by atoms with Crippen LogP contribution in [0.5, 0.6) is 0 Å².